The average molecular weight is 515 g/mol. The van der Waals surface area contributed by atoms with Gasteiger partial charge in [-0.2, -0.15) is 5.10 Å². The lowest BCUT2D eigenvalue weighted by atomic mass is 9.89. The zero-order chi connectivity index (χ0) is 25.3. The van der Waals surface area contributed by atoms with Crippen molar-refractivity contribution in [1.29, 1.82) is 0 Å². The van der Waals surface area contributed by atoms with Gasteiger partial charge in [0.2, 0.25) is 5.88 Å². The molecule has 0 aliphatic heterocycles. The van der Waals surface area contributed by atoms with E-state index < -0.39 is 27.2 Å². The van der Waals surface area contributed by atoms with Crippen LogP contribution in [-0.4, -0.2) is 41.1 Å². The number of aliphatic hydroxyl groups excluding tert-OH is 1. The fourth-order valence-corrected chi connectivity index (χ4v) is 5.25. The van der Waals surface area contributed by atoms with Crippen LogP contribution in [0, 0.1) is 6.92 Å². The van der Waals surface area contributed by atoms with Crippen LogP contribution in [0.3, 0.4) is 0 Å². The molecule has 0 spiro atoms. The van der Waals surface area contributed by atoms with Gasteiger partial charge in [-0.25, -0.2) is 13.1 Å². The molecule has 4 rings (SSSR count). The zero-order valence-corrected chi connectivity index (χ0v) is 20.7. The fourth-order valence-electron chi connectivity index (χ4n) is 3.96. The Hall–Kier alpha value is -3.43. The number of halogens is 1. The second-order valence-electron chi connectivity index (χ2n) is 8.26. The summed E-state index contributed by atoms with van der Waals surface area (Å²) in [6.45, 7) is 1.53. The summed E-state index contributed by atoms with van der Waals surface area (Å²) in [5, 5.41) is 15.1. The van der Waals surface area contributed by atoms with E-state index in [0.29, 0.717) is 18.0 Å². The monoisotopic (exact) mass is 514 g/mol. The summed E-state index contributed by atoms with van der Waals surface area (Å²) in [6.07, 6.45) is 1.74. The number of benzene rings is 2. The number of nitrogens with zero attached hydrogens (tertiary/aromatic N) is 2. The normalized spacial score (nSPS) is 14.3. The molecule has 0 bridgehead atoms. The number of aromatic nitrogens is 2. The molecule has 0 radical (unpaired) electrons. The molecule has 0 atom stereocenters. The first-order valence-corrected chi connectivity index (χ1v) is 13.1. The van der Waals surface area contributed by atoms with Crippen LogP contribution in [0.15, 0.2) is 59.0 Å². The van der Waals surface area contributed by atoms with Crippen LogP contribution >= 0.6 is 11.6 Å². The molecule has 2 aromatic carbocycles. The largest absolute Gasteiger partial charge is 0.506 e. The number of allylic oxidation sites excluding steroid dienone is 1. The van der Waals surface area contributed by atoms with Crippen LogP contribution in [0.25, 0.3) is 11.4 Å². The Bertz CT molecular complexity index is 1440. The van der Waals surface area contributed by atoms with Gasteiger partial charge in [-0.1, -0.05) is 29.8 Å². The Morgan fingerprint density at radius 3 is 2.40 bits per heavy atom. The van der Waals surface area contributed by atoms with E-state index in [-0.39, 0.29) is 46.1 Å². The summed E-state index contributed by atoms with van der Waals surface area (Å²) in [6, 6.07) is 13.5. The quantitative estimate of drug-likeness (QED) is 0.294. The summed E-state index contributed by atoms with van der Waals surface area (Å²) < 4.78 is 32.5. The van der Waals surface area contributed by atoms with Gasteiger partial charge in [0.15, 0.2) is 21.4 Å². The van der Waals surface area contributed by atoms with E-state index in [1.54, 1.807) is 17.7 Å². The van der Waals surface area contributed by atoms with Gasteiger partial charge in [-0.15, -0.1) is 0 Å². The zero-order valence-electron chi connectivity index (χ0n) is 19.1. The Labute approximate surface area is 207 Å². The van der Waals surface area contributed by atoms with Crippen LogP contribution in [0.1, 0.15) is 36.1 Å². The highest BCUT2D eigenvalue weighted by atomic mass is 35.5. The van der Waals surface area contributed by atoms with Crippen molar-refractivity contribution in [2.45, 2.75) is 37.7 Å². The Kier molecular flexibility index (Phi) is 6.82. The van der Waals surface area contributed by atoms with Crippen LogP contribution in [-0.2, 0) is 26.0 Å². The molecule has 0 amide bonds. The van der Waals surface area contributed by atoms with Crippen molar-refractivity contribution in [3.8, 4) is 11.6 Å². The molecule has 1 saturated carbocycles. The van der Waals surface area contributed by atoms with E-state index in [4.69, 9.17) is 16.3 Å². The molecule has 1 heterocycles. The second kappa shape index (κ2) is 9.67. The summed E-state index contributed by atoms with van der Waals surface area (Å²) in [5.41, 5.74) is 1.20. The minimum Gasteiger partial charge on any atom is -0.506 e. The average Bonchev–Trinajstić information content (AvgIpc) is 3.18. The number of ether oxygens (including phenoxy) is 1. The molecule has 10 heteroatoms. The van der Waals surface area contributed by atoms with E-state index in [2.05, 4.69) is 5.10 Å². The highest BCUT2D eigenvalue weighted by Gasteiger charge is 2.30. The van der Waals surface area contributed by atoms with Crippen molar-refractivity contribution in [3.05, 3.63) is 75.9 Å². The van der Waals surface area contributed by atoms with E-state index >= 15 is 0 Å². The number of aliphatic hydroxyl groups is 1. The molecule has 1 N–H and O–H groups in total. The van der Waals surface area contributed by atoms with Crippen molar-refractivity contribution in [2.24, 2.45) is 0 Å². The van der Waals surface area contributed by atoms with Gasteiger partial charge in [0.25, 0.3) is 0 Å². The number of carbonyl (C=O) groups excluding carboxylic acids is 2. The highest BCUT2D eigenvalue weighted by Crippen LogP contribution is 2.35. The molecule has 1 aliphatic carbocycles. The molecule has 182 valence electrons. The Morgan fingerprint density at radius 2 is 1.77 bits per heavy atom. The molecule has 0 unspecified atom stereocenters. The fraction of sp³-hybridized carbons (Fsp3) is 0.240. The number of rotatable bonds is 6. The van der Waals surface area contributed by atoms with Crippen molar-refractivity contribution in [1.82, 2.24) is 9.78 Å². The van der Waals surface area contributed by atoms with Crippen LogP contribution < -0.4 is 4.74 Å². The lowest BCUT2D eigenvalue weighted by Gasteiger charge is -2.18. The van der Waals surface area contributed by atoms with Crippen molar-refractivity contribution in [3.63, 3.8) is 0 Å². The van der Waals surface area contributed by atoms with Gasteiger partial charge in [-0.05, 0) is 37.6 Å². The van der Waals surface area contributed by atoms with Crippen LogP contribution in [0.4, 0.5) is 0 Å². The second-order valence-corrected chi connectivity index (χ2v) is 10.6. The lowest BCUT2D eigenvalue weighted by molar-refractivity contribution is -0.123. The summed E-state index contributed by atoms with van der Waals surface area (Å²) in [5.74, 6) is -1.14. The molecule has 0 saturated heterocycles. The molecule has 8 nitrogen and oxygen atoms in total. The summed E-state index contributed by atoms with van der Waals surface area (Å²) >= 11 is 6.57. The summed E-state index contributed by atoms with van der Waals surface area (Å²) in [7, 11) is -3.72. The number of ketones is 2. The van der Waals surface area contributed by atoms with Crippen LogP contribution in [0.5, 0.6) is 5.88 Å². The highest BCUT2D eigenvalue weighted by molar-refractivity contribution is 7.90. The predicted molar refractivity (Wildman–Crippen MR) is 131 cm³/mol. The molecule has 1 aliphatic rings. The molecule has 1 fully saturated rings. The number of Topliss-reactive ketones (excluding diaryl/α,β-unsaturated/α-hetero) is 2. The third-order valence-corrected chi connectivity index (χ3v) is 7.23. The van der Waals surface area contributed by atoms with Gasteiger partial charge in [0, 0.05) is 36.3 Å². The molecule has 3 aromatic rings. The van der Waals surface area contributed by atoms with Gasteiger partial charge in [-0.3, -0.25) is 9.59 Å². The first kappa shape index (κ1) is 24.7. The smallest absolute Gasteiger partial charge is 0.217 e. The number of para-hydroxylation sites is 1. The van der Waals surface area contributed by atoms with Gasteiger partial charge >= 0.3 is 0 Å². The number of aryl methyl sites for hydroxylation is 1. The van der Waals surface area contributed by atoms with E-state index in [9.17, 15) is 23.1 Å². The minimum atomic E-state index is -3.72. The third kappa shape index (κ3) is 5.01. The molecule has 1 aromatic heterocycles. The standard InChI is InChI=1S/C25H23ClN2O6S/c1-15-13-22(28(27-15)16-7-4-3-5-8-16)34-14-18-21(35(2,32)33)12-11-17(24(18)26)25(31)23-19(29)9-6-10-20(23)30/h3-5,7-8,11-13,31H,6,9-10,14H2,1-2H3. The first-order valence-electron chi connectivity index (χ1n) is 10.8. The number of hydrogen-bond acceptors (Lipinski definition) is 7. The topological polar surface area (TPSA) is 116 Å². The van der Waals surface area contributed by atoms with E-state index in [0.717, 1.165) is 11.9 Å². The van der Waals surface area contributed by atoms with Crippen LogP contribution in [0.2, 0.25) is 5.02 Å². The number of carbonyl (C=O) groups is 2. The summed E-state index contributed by atoms with van der Waals surface area (Å²) in [4.78, 5) is 24.5. The molecular formula is C25H23ClN2O6S. The molecular weight excluding hydrogens is 492 g/mol. The van der Waals surface area contributed by atoms with Crippen molar-refractivity contribution < 1.29 is 27.9 Å². The van der Waals surface area contributed by atoms with E-state index in [1.807, 2.05) is 30.3 Å². The maximum absolute atomic E-state index is 12.5. The van der Waals surface area contributed by atoms with Gasteiger partial charge < -0.3 is 9.84 Å². The van der Waals surface area contributed by atoms with E-state index in [1.165, 1.54) is 12.1 Å². The maximum atomic E-state index is 12.5. The maximum Gasteiger partial charge on any atom is 0.217 e. The first-order chi connectivity index (χ1) is 16.6. The van der Waals surface area contributed by atoms with Crippen molar-refractivity contribution in [2.75, 3.05) is 6.26 Å². The SMILES string of the molecule is Cc1cc(OCc2c(S(C)(=O)=O)ccc(C(O)=C3C(=O)CCCC3=O)c2Cl)n(-c2ccccc2)n1. The minimum absolute atomic E-state index is 0.0102. The number of hydrogen-bond donors (Lipinski definition) is 1. The van der Waals surface area contributed by atoms with Crippen molar-refractivity contribution >= 4 is 38.8 Å². The third-order valence-electron chi connectivity index (χ3n) is 5.62. The predicted octanol–water partition coefficient (Wildman–Crippen LogP) is 4.41. The Balaban J connectivity index is 1.78. The van der Waals surface area contributed by atoms with Gasteiger partial charge in [0.05, 0.1) is 21.3 Å². The molecule has 35 heavy (non-hydrogen) atoms. The van der Waals surface area contributed by atoms with Gasteiger partial charge in [0.1, 0.15) is 17.9 Å². The Morgan fingerprint density at radius 1 is 1.11 bits per heavy atom. The number of sulfone groups is 1. The lowest BCUT2D eigenvalue weighted by Crippen LogP contribution is -2.20.